The van der Waals surface area contributed by atoms with Gasteiger partial charge in [0.2, 0.25) is 0 Å². The summed E-state index contributed by atoms with van der Waals surface area (Å²) in [7, 11) is 1.66. The second kappa shape index (κ2) is 6.43. The van der Waals surface area contributed by atoms with Crippen molar-refractivity contribution in [3.8, 4) is 5.75 Å². The lowest BCUT2D eigenvalue weighted by Gasteiger charge is -2.36. The number of ether oxygens (including phenoxy) is 1. The predicted octanol–water partition coefficient (Wildman–Crippen LogP) is 1.93. The van der Waals surface area contributed by atoms with Gasteiger partial charge < -0.3 is 14.5 Å². The first-order valence-electron chi connectivity index (χ1n) is 8.23. The van der Waals surface area contributed by atoms with Crippen LogP contribution in [0.25, 0.3) is 11.0 Å². The maximum atomic E-state index is 12.7. The number of benzene rings is 2. The molecule has 1 aliphatic heterocycles. The Labute approximate surface area is 145 Å². The molecule has 0 radical (unpaired) electrons. The van der Waals surface area contributed by atoms with E-state index in [1.807, 2.05) is 29.2 Å². The summed E-state index contributed by atoms with van der Waals surface area (Å²) in [6.07, 6.45) is 0. The van der Waals surface area contributed by atoms with Crippen molar-refractivity contribution in [2.24, 2.45) is 0 Å². The van der Waals surface area contributed by atoms with Gasteiger partial charge in [-0.1, -0.05) is 0 Å². The number of rotatable bonds is 3. The average molecular weight is 337 g/mol. The van der Waals surface area contributed by atoms with Gasteiger partial charge in [-0.25, -0.2) is 0 Å². The van der Waals surface area contributed by atoms with Crippen LogP contribution in [0.3, 0.4) is 0 Å². The first kappa shape index (κ1) is 15.4. The topological polar surface area (TPSA) is 74.3 Å². The minimum atomic E-state index is 0.0410. The third kappa shape index (κ3) is 3.00. The van der Waals surface area contributed by atoms with Crippen molar-refractivity contribution in [3.05, 3.63) is 48.0 Å². The number of amides is 1. The molecule has 0 spiro atoms. The minimum absolute atomic E-state index is 0.0410. The van der Waals surface area contributed by atoms with Crippen LogP contribution < -0.4 is 9.64 Å². The summed E-state index contributed by atoms with van der Waals surface area (Å²) in [5.74, 6) is 0.889. The molecule has 0 bridgehead atoms. The van der Waals surface area contributed by atoms with E-state index in [2.05, 4.69) is 32.4 Å². The van der Waals surface area contributed by atoms with E-state index >= 15 is 0 Å². The van der Waals surface area contributed by atoms with Crippen molar-refractivity contribution in [1.82, 2.24) is 20.3 Å². The van der Waals surface area contributed by atoms with Gasteiger partial charge in [-0.2, -0.15) is 15.4 Å². The molecule has 1 N–H and O–H groups in total. The number of aromatic amines is 1. The Balaban J connectivity index is 1.42. The Morgan fingerprint density at radius 2 is 1.72 bits per heavy atom. The number of piperazine rings is 1. The summed E-state index contributed by atoms with van der Waals surface area (Å²) in [6.45, 7) is 3.01. The Hall–Kier alpha value is -3.09. The highest BCUT2D eigenvalue weighted by Gasteiger charge is 2.22. The number of aromatic nitrogens is 3. The van der Waals surface area contributed by atoms with E-state index in [1.54, 1.807) is 13.2 Å². The number of nitrogens with one attached hydrogen (secondary N) is 1. The summed E-state index contributed by atoms with van der Waals surface area (Å²) in [5, 5.41) is 10.6. The fourth-order valence-electron chi connectivity index (χ4n) is 3.12. The lowest BCUT2D eigenvalue weighted by atomic mass is 10.1. The molecule has 0 saturated carbocycles. The van der Waals surface area contributed by atoms with Gasteiger partial charge in [0.05, 0.1) is 7.11 Å². The van der Waals surface area contributed by atoms with Crippen molar-refractivity contribution < 1.29 is 9.53 Å². The fraction of sp³-hybridized carbons (Fsp3) is 0.278. The van der Waals surface area contributed by atoms with Crippen LogP contribution >= 0.6 is 0 Å². The number of methoxy groups -OCH3 is 1. The molecule has 3 aromatic rings. The molecule has 128 valence electrons. The SMILES string of the molecule is COc1ccc(N2CCN(C(=O)c3ccc4n[nH]nc4c3)CC2)cc1. The minimum Gasteiger partial charge on any atom is -0.497 e. The van der Waals surface area contributed by atoms with Crippen molar-refractivity contribution in [2.45, 2.75) is 0 Å². The zero-order valence-electron chi connectivity index (χ0n) is 14.0. The lowest BCUT2D eigenvalue weighted by Crippen LogP contribution is -2.48. The van der Waals surface area contributed by atoms with Crippen LogP contribution in [-0.2, 0) is 0 Å². The molecule has 1 aromatic heterocycles. The second-order valence-corrected chi connectivity index (χ2v) is 6.00. The molecule has 25 heavy (non-hydrogen) atoms. The Kier molecular flexibility index (Phi) is 3.97. The molecule has 1 fully saturated rings. The smallest absolute Gasteiger partial charge is 0.254 e. The maximum absolute atomic E-state index is 12.7. The Bertz CT molecular complexity index is 882. The molecule has 0 unspecified atom stereocenters. The van der Waals surface area contributed by atoms with E-state index in [0.29, 0.717) is 24.2 Å². The fourth-order valence-corrected chi connectivity index (χ4v) is 3.12. The van der Waals surface area contributed by atoms with Crippen LogP contribution in [0.4, 0.5) is 5.69 Å². The average Bonchev–Trinajstić information content (AvgIpc) is 3.15. The summed E-state index contributed by atoms with van der Waals surface area (Å²) in [6, 6.07) is 13.4. The zero-order chi connectivity index (χ0) is 17.2. The van der Waals surface area contributed by atoms with Gasteiger partial charge in [0.25, 0.3) is 5.91 Å². The van der Waals surface area contributed by atoms with Gasteiger partial charge in [0.1, 0.15) is 16.8 Å². The highest BCUT2D eigenvalue weighted by Crippen LogP contribution is 2.21. The number of carbonyl (C=O) groups excluding carboxylic acids is 1. The standard InChI is InChI=1S/C18H19N5O2/c1-25-15-5-3-14(4-6-15)22-8-10-23(11-9-22)18(24)13-2-7-16-17(12-13)20-21-19-16/h2-7,12H,8-11H2,1H3,(H,19,20,21). The van der Waals surface area contributed by atoms with Gasteiger partial charge in [-0.05, 0) is 42.5 Å². The number of carbonyl (C=O) groups is 1. The summed E-state index contributed by atoms with van der Waals surface area (Å²) < 4.78 is 5.20. The van der Waals surface area contributed by atoms with Gasteiger partial charge in [-0.3, -0.25) is 4.79 Å². The van der Waals surface area contributed by atoms with E-state index in [-0.39, 0.29) is 5.91 Å². The molecule has 7 nitrogen and oxygen atoms in total. The zero-order valence-corrected chi connectivity index (χ0v) is 14.0. The van der Waals surface area contributed by atoms with E-state index in [0.717, 1.165) is 30.0 Å². The third-order valence-electron chi connectivity index (χ3n) is 4.57. The van der Waals surface area contributed by atoms with Crippen LogP contribution in [0.2, 0.25) is 0 Å². The molecule has 1 amide bonds. The van der Waals surface area contributed by atoms with Crippen LogP contribution in [0.15, 0.2) is 42.5 Å². The number of H-pyrrole nitrogens is 1. The van der Waals surface area contributed by atoms with Crippen molar-refractivity contribution in [3.63, 3.8) is 0 Å². The molecular weight excluding hydrogens is 318 g/mol. The molecule has 1 saturated heterocycles. The quantitative estimate of drug-likeness (QED) is 0.790. The lowest BCUT2D eigenvalue weighted by molar-refractivity contribution is 0.0747. The summed E-state index contributed by atoms with van der Waals surface area (Å²) in [5.41, 5.74) is 3.28. The summed E-state index contributed by atoms with van der Waals surface area (Å²) >= 11 is 0. The number of hydrogen-bond donors (Lipinski definition) is 1. The van der Waals surface area contributed by atoms with Crippen LogP contribution in [0.5, 0.6) is 5.75 Å². The first-order chi connectivity index (χ1) is 12.2. The second-order valence-electron chi connectivity index (χ2n) is 6.00. The highest BCUT2D eigenvalue weighted by atomic mass is 16.5. The van der Waals surface area contributed by atoms with Gasteiger partial charge >= 0.3 is 0 Å². The third-order valence-corrected chi connectivity index (χ3v) is 4.57. The predicted molar refractivity (Wildman–Crippen MR) is 95.0 cm³/mol. The van der Waals surface area contributed by atoms with Crippen LogP contribution in [0.1, 0.15) is 10.4 Å². The number of hydrogen-bond acceptors (Lipinski definition) is 5. The van der Waals surface area contributed by atoms with Crippen molar-refractivity contribution in [2.75, 3.05) is 38.2 Å². The van der Waals surface area contributed by atoms with Gasteiger partial charge in [-0.15, -0.1) is 0 Å². The number of fused-ring (bicyclic) bond motifs is 1. The molecule has 7 heteroatoms. The number of anilines is 1. The first-order valence-corrected chi connectivity index (χ1v) is 8.23. The summed E-state index contributed by atoms with van der Waals surface area (Å²) in [4.78, 5) is 16.9. The molecule has 0 aliphatic carbocycles. The molecular formula is C18H19N5O2. The van der Waals surface area contributed by atoms with Crippen LogP contribution in [0, 0.1) is 0 Å². The maximum Gasteiger partial charge on any atom is 0.254 e. The van der Waals surface area contributed by atoms with Crippen molar-refractivity contribution >= 4 is 22.6 Å². The number of nitrogens with zero attached hydrogens (tertiary/aromatic N) is 4. The van der Waals surface area contributed by atoms with Crippen molar-refractivity contribution in [1.29, 1.82) is 0 Å². The van der Waals surface area contributed by atoms with Gasteiger partial charge in [0.15, 0.2) is 0 Å². The molecule has 4 rings (SSSR count). The van der Waals surface area contributed by atoms with Gasteiger partial charge in [0, 0.05) is 37.4 Å². The van der Waals surface area contributed by atoms with E-state index in [4.69, 9.17) is 4.74 Å². The molecule has 0 atom stereocenters. The molecule has 1 aliphatic rings. The molecule has 2 aromatic carbocycles. The largest absolute Gasteiger partial charge is 0.497 e. The molecule has 2 heterocycles. The van der Waals surface area contributed by atoms with E-state index in [1.165, 1.54) is 0 Å². The van der Waals surface area contributed by atoms with E-state index in [9.17, 15) is 4.79 Å². The Morgan fingerprint density at radius 3 is 2.44 bits per heavy atom. The Morgan fingerprint density at radius 1 is 1.00 bits per heavy atom. The monoisotopic (exact) mass is 337 g/mol. The van der Waals surface area contributed by atoms with Crippen LogP contribution in [-0.4, -0.2) is 59.5 Å². The highest BCUT2D eigenvalue weighted by molar-refractivity contribution is 5.97. The normalized spacial score (nSPS) is 14.8. The van der Waals surface area contributed by atoms with E-state index < -0.39 is 0 Å².